The third-order valence-corrected chi connectivity index (χ3v) is 5.79. The Morgan fingerprint density at radius 1 is 0.969 bits per heavy atom. The minimum absolute atomic E-state index is 0.0648. The number of nitrogens with two attached hydrogens (primary N) is 2. The van der Waals surface area contributed by atoms with Crippen LogP contribution in [0.2, 0.25) is 0 Å². The topological polar surface area (TPSA) is 116 Å². The van der Waals surface area contributed by atoms with Crippen molar-refractivity contribution in [1.29, 1.82) is 0 Å². The van der Waals surface area contributed by atoms with Gasteiger partial charge in [0.15, 0.2) is 0 Å². The molecule has 1 aliphatic carbocycles. The molecule has 1 saturated carbocycles. The van der Waals surface area contributed by atoms with E-state index in [0.717, 1.165) is 29.7 Å². The predicted molar refractivity (Wildman–Crippen MR) is 126 cm³/mol. The molecule has 3 aromatic rings. The highest BCUT2D eigenvalue weighted by Gasteiger charge is 2.19. The van der Waals surface area contributed by atoms with E-state index in [-0.39, 0.29) is 18.5 Å². The summed E-state index contributed by atoms with van der Waals surface area (Å²) in [7, 11) is 0. The summed E-state index contributed by atoms with van der Waals surface area (Å²) in [5.41, 5.74) is 16.0. The lowest BCUT2D eigenvalue weighted by Gasteiger charge is -2.14. The van der Waals surface area contributed by atoms with Crippen LogP contribution in [0.25, 0.3) is 11.1 Å². The van der Waals surface area contributed by atoms with E-state index in [1.807, 2.05) is 54.6 Å². The van der Waals surface area contributed by atoms with Crippen LogP contribution in [-0.4, -0.2) is 15.9 Å². The fraction of sp³-hybridized carbons (Fsp3) is 0.320. The molecule has 7 heteroatoms. The van der Waals surface area contributed by atoms with E-state index in [0.29, 0.717) is 36.0 Å². The SMILES string of the molecule is Nc1nc(N)c(-c2ccc(NC(=O)CC3CCCC3)cc2)c(COCc2ccccc2)n1. The first-order chi connectivity index (χ1) is 15.6. The molecular formula is C25H29N5O2. The zero-order chi connectivity index (χ0) is 22.3. The standard InChI is InChI=1S/C25H29N5O2/c26-24-23(21(29-25(27)30-24)16-32-15-18-8-2-1-3-9-18)19-10-12-20(13-11-19)28-22(31)14-17-6-4-5-7-17/h1-3,8-13,17H,4-7,14-16H2,(H,28,31)(H4,26,27,29,30). The number of nitrogen functional groups attached to an aromatic ring is 2. The van der Waals surface area contributed by atoms with Crippen LogP contribution < -0.4 is 16.8 Å². The number of nitrogens with zero attached hydrogens (tertiary/aromatic N) is 2. The summed E-state index contributed by atoms with van der Waals surface area (Å²) in [4.78, 5) is 20.8. The maximum Gasteiger partial charge on any atom is 0.224 e. The van der Waals surface area contributed by atoms with Crippen LogP contribution in [0.4, 0.5) is 17.5 Å². The van der Waals surface area contributed by atoms with Gasteiger partial charge in [0.25, 0.3) is 0 Å². The van der Waals surface area contributed by atoms with Crippen molar-refractivity contribution in [2.75, 3.05) is 16.8 Å². The Labute approximate surface area is 188 Å². The van der Waals surface area contributed by atoms with Crippen molar-refractivity contribution >= 4 is 23.4 Å². The number of nitrogens with one attached hydrogen (secondary N) is 1. The Balaban J connectivity index is 1.45. The molecule has 0 unspecified atom stereocenters. The van der Waals surface area contributed by atoms with Crippen LogP contribution in [0.15, 0.2) is 54.6 Å². The summed E-state index contributed by atoms with van der Waals surface area (Å²) in [6.45, 7) is 0.705. The lowest BCUT2D eigenvalue weighted by atomic mass is 10.0. The third-order valence-electron chi connectivity index (χ3n) is 5.79. The number of hydrogen-bond donors (Lipinski definition) is 3. The zero-order valence-electron chi connectivity index (χ0n) is 18.1. The number of aromatic nitrogens is 2. The minimum Gasteiger partial charge on any atom is -0.383 e. The number of benzene rings is 2. The van der Waals surface area contributed by atoms with Crippen molar-refractivity contribution in [3.8, 4) is 11.1 Å². The first kappa shape index (κ1) is 21.8. The zero-order valence-corrected chi connectivity index (χ0v) is 18.1. The second-order valence-corrected chi connectivity index (χ2v) is 8.25. The van der Waals surface area contributed by atoms with Gasteiger partial charge in [0.1, 0.15) is 5.82 Å². The Bertz CT molecular complexity index is 1050. The average molecular weight is 432 g/mol. The summed E-state index contributed by atoms with van der Waals surface area (Å²) in [5.74, 6) is 0.989. The Hall–Kier alpha value is -3.45. The molecule has 166 valence electrons. The van der Waals surface area contributed by atoms with Gasteiger partial charge in [-0.25, -0.2) is 4.98 Å². The molecule has 0 atom stereocenters. The highest BCUT2D eigenvalue weighted by atomic mass is 16.5. The third kappa shape index (κ3) is 5.62. The molecule has 0 radical (unpaired) electrons. The number of hydrogen-bond acceptors (Lipinski definition) is 6. The van der Waals surface area contributed by atoms with Crippen molar-refractivity contribution in [2.45, 2.75) is 45.3 Å². The number of rotatable bonds is 8. The summed E-state index contributed by atoms with van der Waals surface area (Å²) in [6, 6.07) is 17.4. The van der Waals surface area contributed by atoms with Crippen molar-refractivity contribution in [1.82, 2.24) is 9.97 Å². The van der Waals surface area contributed by atoms with Gasteiger partial charge in [-0.1, -0.05) is 55.3 Å². The van der Waals surface area contributed by atoms with Crippen LogP contribution in [0, 0.1) is 5.92 Å². The second kappa shape index (κ2) is 10.2. The van der Waals surface area contributed by atoms with Crippen molar-refractivity contribution < 1.29 is 9.53 Å². The van der Waals surface area contributed by atoms with Crippen LogP contribution in [-0.2, 0) is 22.7 Å². The van der Waals surface area contributed by atoms with Gasteiger partial charge >= 0.3 is 0 Å². The molecule has 4 rings (SSSR count). The Morgan fingerprint density at radius 2 is 1.69 bits per heavy atom. The van der Waals surface area contributed by atoms with E-state index in [2.05, 4.69) is 15.3 Å². The van der Waals surface area contributed by atoms with Gasteiger partial charge in [-0.15, -0.1) is 0 Å². The summed E-state index contributed by atoms with van der Waals surface area (Å²) < 4.78 is 5.86. The number of anilines is 3. The molecule has 0 bridgehead atoms. The molecule has 0 saturated heterocycles. The van der Waals surface area contributed by atoms with E-state index >= 15 is 0 Å². The summed E-state index contributed by atoms with van der Waals surface area (Å²) in [6.07, 6.45) is 5.35. The van der Waals surface area contributed by atoms with E-state index in [4.69, 9.17) is 16.2 Å². The van der Waals surface area contributed by atoms with Crippen molar-refractivity contribution in [3.05, 3.63) is 65.9 Å². The highest BCUT2D eigenvalue weighted by molar-refractivity contribution is 5.91. The quantitative estimate of drug-likeness (QED) is 0.482. The lowest BCUT2D eigenvalue weighted by Crippen LogP contribution is -2.15. The molecule has 1 aromatic heterocycles. The first-order valence-corrected chi connectivity index (χ1v) is 11.0. The first-order valence-electron chi connectivity index (χ1n) is 11.0. The van der Waals surface area contributed by atoms with E-state index in [9.17, 15) is 4.79 Å². The molecule has 7 nitrogen and oxygen atoms in total. The Kier molecular flexibility index (Phi) is 6.97. The van der Waals surface area contributed by atoms with E-state index in [1.54, 1.807) is 0 Å². The molecule has 2 aromatic carbocycles. The van der Waals surface area contributed by atoms with Gasteiger partial charge in [0, 0.05) is 17.7 Å². The minimum atomic E-state index is 0.0648. The largest absolute Gasteiger partial charge is 0.383 e. The van der Waals surface area contributed by atoms with Crippen LogP contribution in [0.5, 0.6) is 0 Å². The Morgan fingerprint density at radius 3 is 2.41 bits per heavy atom. The van der Waals surface area contributed by atoms with E-state index in [1.165, 1.54) is 12.8 Å². The van der Waals surface area contributed by atoms with Crippen molar-refractivity contribution in [3.63, 3.8) is 0 Å². The molecule has 1 amide bonds. The predicted octanol–water partition coefficient (Wildman–Crippen LogP) is 4.54. The van der Waals surface area contributed by atoms with Gasteiger partial charge in [-0.05, 0) is 42.0 Å². The average Bonchev–Trinajstić information content (AvgIpc) is 3.28. The number of amides is 1. The van der Waals surface area contributed by atoms with Gasteiger partial charge in [0.05, 0.1) is 18.9 Å². The number of carbonyl (C=O) groups excluding carboxylic acids is 1. The smallest absolute Gasteiger partial charge is 0.224 e. The van der Waals surface area contributed by atoms with Gasteiger partial charge in [-0.3, -0.25) is 4.79 Å². The maximum atomic E-state index is 12.3. The highest BCUT2D eigenvalue weighted by Crippen LogP contribution is 2.31. The molecule has 32 heavy (non-hydrogen) atoms. The second-order valence-electron chi connectivity index (χ2n) is 8.25. The molecular weight excluding hydrogens is 402 g/mol. The number of carbonyl (C=O) groups is 1. The molecule has 1 aliphatic rings. The maximum absolute atomic E-state index is 12.3. The molecule has 0 aliphatic heterocycles. The van der Waals surface area contributed by atoms with Gasteiger partial charge < -0.3 is 21.5 Å². The summed E-state index contributed by atoms with van der Waals surface area (Å²) in [5, 5.41) is 2.99. The lowest BCUT2D eigenvalue weighted by molar-refractivity contribution is -0.117. The van der Waals surface area contributed by atoms with Crippen LogP contribution >= 0.6 is 0 Å². The van der Waals surface area contributed by atoms with Crippen LogP contribution in [0.1, 0.15) is 43.4 Å². The molecule has 1 fully saturated rings. The van der Waals surface area contributed by atoms with E-state index < -0.39 is 0 Å². The fourth-order valence-corrected chi connectivity index (χ4v) is 4.21. The fourth-order valence-electron chi connectivity index (χ4n) is 4.21. The van der Waals surface area contributed by atoms with Gasteiger partial charge in [0.2, 0.25) is 11.9 Å². The molecule has 5 N–H and O–H groups in total. The molecule has 1 heterocycles. The monoisotopic (exact) mass is 431 g/mol. The van der Waals surface area contributed by atoms with Crippen LogP contribution in [0.3, 0.4) is 0 Å². The van der Waals surface area contributed by atoms with Gasteiger partial charge in [-0.2, -0.15) is 4.98 Å². The normalized spacial score (nSPS) is 13.9. The number of ether oxygens (including phenoxy) is 1. The molecule has 0 spiro atoms. The van der Waals surface area contributed by atoms with Crippen molar-refractivity contribution in [2.24, 2.45) is 5.92 Å². The summed E-state index contributed by atoms with van der Waals surface area (Å²) >= 11 is 0.